The number of rotatable bonds is 14. The molecule has 226 valence electrons. The Morgan fingerprint density at radius 2 is 1.67 bits per heavy atom. The molecule has 42 heavy (non-hydrogen) atoms. The largest absolute Gasteiger partial charge is 0.496 e. The monoisotopic (exact) mass is 585 g/mol. The molecule has 0 saturated carbocycles. The van der Waals surface area contributed by atoms with Gasteiger partial charge in [0, 0.05) is 50.2 Å². The zero-order valence-corrected chi connectivity index (χ0v) is 23.4. The molecule has 1 aliphatic heterocycles. The van der Waals surface area contributed by atoms with E-state index in [1.165, 1.54) is 11.1 Å². The Hall–Kier alpha value is -4.62. The van der Waals surface area contributed by atoms with Gasteiger partial charge in [0.2, 0.25) is 6.79 Å². The van der Waals surface area contributed by atoms with Gasteiger partial charge in [0.25, 0.3) is 0 Å². The number of ether oxygens (including phenoxy) is 3. The topological polar surface area (TPSA) is 181 Å². The molecule has 4 N–H and O–H groups in total. The van der Waals surface area contributed by atoms with Crippen LogP contribution in [-0.4, -0.2) is 78.8 Å². The van der Waals surface area contributed by atoms with Crippen LogP contribution in [0.25, 0.3) is 0 Å². The van der Waals surface area contributed by atoms with Crippen molar-refractivity contribution >= 4 is 17.9 Å². The van der Waals surface area contributed by atoms with Crippen molar-refractivity contribution in [1.82, 2.24) is 14.5 Å². The highest BCUT2D eigenvalue weighted by molar-refractivity contribution is 5.88. The Bertz CT molecular complexity index is 1340. The number of carboxylic acid groups (broad SMARTS) is 3. The smallest absolute Gasteiger partial charge is 0.336 e. The van der Waals surface area contributed by atoms with E-state index in [-0.39, 0.29) is 6.79 Å². The van der Waals surface area contributed by atoms with Gasteiger partial charge in [0.05, 0.1) is 26.3 Å². The maximum Gasteiger partial charge on any atom is 0.336 e. The van der Waals surface area contributed by atoms with Crippen molar-refractivity contribution in [2.45, 2.75) is 51.4 Å². The van der Waals surface area contributed by atoms with E-state index in [1.807, 2.05) is 30.9 Å². The lowest BCUT2D eigenvalue weighted by Gasteiger charge is -2.24. The van der Waals surface area contributed by atoms with Crippen LogP contribution in [0.2, 0.25) is 0 Å². The zero-order chi connectivity index (χ0) is 30.7. The number of hydrogen-bond acceptors (Lipinski definition) is 9. The lowest BCUT2D eigenvalue weighted by molar-refractivity contribution is -0.170. The van der Waals surface area contributed by atoms with Gasteiger partial charge in [-0.1, -0.05) is 24.3 Å². The van der Waals surface area contributed by atoms with E-state index >= 15 is 0 Å². The Morgan fingerprint density at radius 3 is 2.24 bits per heavy atom. The highest BCUT2D eigenvalue weighted by Crippen LogP contribution is 2.38. The minimum atomic E-state index is -2.74. The van der Waals surface area contributed by atoms with Gasteiger partial charge >= 0.3 is 17.9 Å². The first-order valence-corrected chi connectivity index (χ1v) is 13.1. The summed E-state index contributed by atoms with van der Waals surface area (Å²) in [6, 6.07) is 12.5. The first-order valence-electron chi connectivity index (χ1n) is 13.1. The summed E-state index contributed by atoms with van der Waals surface area (Å²) in [6.07, 6.45) is 4.44. The normalized spacial score (nSPS) is 12.0. The van der Waals surface area contributed by atoms with Gasteiger partial charge in [-0.2, -0.15) is 0 Å². The summed E-state index contributed by atoms with van der Waals surface area (Å²) in [4.78, 5) is 37.1. The predicted molar refractivity (Wildman–Crippen MR) is 148 cm³/mol. The van der Waals surface area contributed by atoms with Crippen LogP contribution in [-0.2, 0) is 34.0 Å². The number of imidazole rings is 1. The molecule has 0 spiro atoms. The quantitative estimate of drug-likeness (QED) is 0.218. The molecule has 4 rings (SSSR count). The second-order valence-corrected chi connectivity index (χ2v) is 9.79. The predicted octanol–water partition coefficient (Wildman–Crippen LogP) is 2.77. The molecular formula is C29H35N3O10. The van der Waals surface area contributed by atoms with Crippen LogP contribution in [0.15, 0.2) is 55.1 Å². The van der Waals surface area contributed by atoms with Crippen LogP contribution in [0.1, 0.15) is 36.0 Å². The first kappa shape index (κ1) is 31.9. The molecule has 2 aromatic carbocycles. The molecule has 0 amide bonds. The van der Waals surface area contributed by atoms with E-state index in [1.54, 1.807) is 7.11 Å². The van der Waals surface area contributed by atoms with Crippen molar-refractivity contribution < 1.29 is 49.0 Å². The number of hydrogen-bond donors (Lipinski definition) is 4. The van der Waals surface area contributed by atoms with Crippen molar-refractivity contribution in [2.75, 3.05) is 20.4 Å². The van der Waals surface area contributed by atoms with Gasteiger partial charge < -0.3 is 39.2 Å². The third kappa shape index (κ3) is 9.21. The van der Waals surface area contributed by atoms with Gasteiger partial charge in [0.1, 0.15) is 5.75 Å². The maximum atomic E-state index is 10.3. The molecule has 0 radical (unpaired) electrons. The molecule has 1 aromatic heterocycles. The van der Waals surface area contributed by atoms with Crippen LogP contribution in [0, 0.1) is 6.92 Å². The molecule has 3 aromatic rings. The Balaban J connectivity index is 0.000000316. The molecule has 0 saturated heterocycles. The number of carboxylic acids is 3. The van der Waals surface area contributed by atoms with Gasteiger partial charge in [-0.15, -0.1) is 0 Å². The van der Waals surface area contributed by atoms with Gasteiger partial charge in [0.15, 0.2) is 17.1 Å². The average Bonchev–Trinajstić information content (AvgIpc) is 3.60. The summed E-state index contributed by atoms with van der Waals surface area (Å²) in [5.41, 5.74) is 1.02. The molecule has 0 atom stereocenters. The zero-order valence-electron chi connectivity index (χ0n) is 23.4. The number of aliphatic carboxylic acids is 3. The highest BCUT2D eigenvalue weighted by atomic mass is 16.7. The van der Waals surface area contributed by atoms with E-state index in [0.717, 1.165) is 55.4 Å². The molecule has 0 fully saturated rings. The number of benzene rings is 2. The van der Waals surface area contributed by atoms with Crippen molar-refractivity contribution in [1.29, 1.82) is 0 Å². The molecule has 0 bridgehead atoms. The summed E-state index contributed by atoms with van der Waals surface area (Å²) in [6.45, 7) is 6.00. The minimum Gasteiger partial charge on any atom is -0.496 e. The van der Waals surface area contributed by atoms with Gasteiger partial charge in [-0.3, -0.25) is 14.5 Å². The van der Waals surface area contributed by atoms with Crippen molar-refractivity contribution in [3.05, 3.63) is 71.8 Å². The third-order valence-electron chi connectivity index (χ3n) is 6.56. The fourth-order valence-corrected chi connectivity index (χ4v) is 4.37. The summed E-state index contributed by atoms with van der Waals surface area (Å²) < 4.78 is 18.8. The summed E-state index contributed by atoms with van der Waals surface area (Å²) in [5.74, 6) is -2.65. The average molecular weight is 586 g/mol. The van der Waals surface area contributed by atoms with E-state index in [0.29, 0.717) is 0 Å². The SMILES string of the molecule is COc1cc2c(cc1CN(CCCn1ccnc1)Cc1ccccc1C)OCO2.O=C(O)CC(O)(CC(=O)O)C(=O)O. The lowest BCUT2D eigenvalue weighted by Crippen LogP contribution is -2.42. The van der Waals surface area contributed by atoms with Gasteiger partial charge in [-0.25, -0.2) is 9.78 Å². The molecule has 13 nitrogen and oxygen atoms in total. The van der Waals surface area contributed by atoms with Crippen LogP contribution < -0.4 is 14.2 Å². The van der Waals surface area contributed by atoms with E-state index < -0.39 is 36.4 Å². The lowest BCUT2D eigenvalue weighted by atomic mass is 9.96. The van der Waals surface area contributed by atoms with Crippen LogP contribution in [0.5, 0.6) is 17.2 Å². The number of carbonyl (C=O) groups is 3. The second kappa shape index (κ2) is 14.8. The molecule has 0 aliphatic carbocycles. The Morgan fingerprint density at radius 1 is 1.02 bits per heavy atom. The van der Waals surface area contributed by atoms with Crippen molar-refractivity contribution in [3.63, 3.8) is 0 Å². The number of fused-ring (bicyclic) bond motifs is 1. The van der Waals surface area contributed by atoms with Crippen molar-refractivity contribution in [3.8, 4) is 17.2 Å². The van der Waals surface area contributed by atoms with Crippen LogP contribution in [0.3, 0.4) is 0 Å². The van der Waals surface area contributed by atoms with Gasteiger partial charge in [-0.05, 0) is 30.5 Å². The molecule has 2 heterocycles. The molecule has 0 unspecified atom stereocenters. The number of aryl methyl sites for hydroxylation is 2. The van der Waals surface area contributed by atoms with Crippen LogP contribution >= 0.6 is 0 Å². The third-order valence-corrected chi connectivity index (χ3v) is 6.56. The fraction of sp³-hybridized carbons (Fsp3) is 0.379. The Labute approximate surface area is 242 Å². The van der Waals surface area contributed by atoms with E-state index in [9.17, 15) is 14.4 Å². The molecule has 13 heteroatoms. The fourth-order valence-electron chi connectivity index (χ4n) is 4.37. The number of nitrogens with zero attached hydrogens (tertiary/aromatic N) is 3. The molecule has 1 aliphatic rings. The second-order valence-electron chi connectivity index (χ2n) is 9.79. The number of aromatic nitrogens is 2. The highest BCUT2D eigenvalue weighted by Gasteiger charge is 2.40. The first-order chi connectivity index (χ1) is 20.0. The molecular weight excluding hydrogens is 550 g/mol. The standard InChI is InChI=1S/C23H27N3O3.C6H8O7/c1-18-6-3-4-7-19(18)14-26(10-5-9-25-11-8-24-16-25)15-20-12-22-23(29-17-28-22)13-21(20)27-2;7-3(8)1-6(13,5(11)12)2-4(9)10/h3-4,6-8,11-13,16H,5,9-10,14-15,17H2,1-2H3;13H,1-2H2,(H,7,8)(H,9,10)(H,11,12). The summed E-state index contributed by atoms with van der Waals surface area (Å²) in [5, 5.41) is 33.8. The Kier molecular flexibility index (Phi) is 11.3. The summed E-state index contributed by atoms with van der Waals surface area (Å²) >= 11 is 0. The van der Waals surface area contributed by atoms with Crippen molar-refractivity contribution in [2.24, 2.45) is 0 Å². The minimum absolute atomic E-state index is 0.264. The maximum absolute atomic E-state index is 10.3. The van der Waals surface area contributed by atoms with E-state index in [4.69, 9.17) is 34.6 Å². The van der Waals surface area contributed by atoms with Crippen LogP contribution in [0.4, 0.5) is 0 Å². The number of aliphatic hydroxyl groups is 1. The van der Waals surface area contributed by atoms with E-state index in [2.05, 4.69) is 45.6 Å². The number of methoxy groups -OCH3 is 1. The summed E-state index contributed by atoms with van der Waals surface area (Å²) in [7, 11) is 1.70.